The van der Waals surface area contributed by atoms with Gasteiger partial charge in [0.15, 0.2) is 0 Å². The van der Waals surface area contributed by atoms with Crippen molar-refractivity contribution < 1.29 is 9.59 Å². The van der Waals surface area contributed by atoms with Gasteiger partial charge in [-0.1, -0.05) is 17.7 Å². The van der Waals surface area contributed by atoms with Crippen LogP contribution in [0.4, 0.5) is 0 Å². The Kier molecular flexibility index (Phi) is 7.19. The number of thioether (sulfide) groups is 1. The number of carbonyl (C=O) groups is 2. The summed E-state index contributed by atoms with van der Waals surface area (Å²) in [5, 5.41) is 6.22. The Morgan fingerprint density at radius 1 is 1.26 bits per heavy atom. The number of likely N-dealkylation sites (tertiary alicyclic amines) is 1. The number of hydrogen-bond acceptors (Lipinski definition) is 4. The third-order valence-corrected chi connectivity index (χ3v) is 6.55. The van der Waals surface area contributed by atoms with Crippen molar-refractivity contribution in [3.63, 3.8) is 0 Å². The molecule has 3 rings (SSSR count). The molecule has 3 atom stereocenters. The highest BCUT2D eigenvalue weighted by atomic mass is 32.2. The summed E-state index contributed by atoms with van der Waals surface area (Å²) in [5.41, 5.74) is 1.23. The topological polar surface area (TPSA) is 61.4 Å². The third kappa shape index (κ3) is 5.72. The van der Waals surface area contributed by atoms with Crippen LogP contribution in [-0.2, 0) is 9.59 Å². The molecule has 2 N–H and O–H groups in total. The second kappa shape index (κ2) is 9.60. The second-order valence-corrected chi connectivity index (χ2v) is 9.17. The fourth-order valence-corrected chi connectivity index (χ4v) is 4.79. The zero-order valence-corrected chi connectivity index (χ0v) is 17.2. The highest BCUT2D eigenvalue weighted by Crippen LogP contribution is 2.26. The van der Waals surface area contributed by atoms with Gasteiger partial charge in [0.05, 0.1) is 11.3 Å². The van der Waals surface area contributed by atoms with Crippen molar-refractivity contribution in [2.45, 2.75) is 55.7 Å². The lowest BCUT2D eigenvalue weighted by molar-refractivity contribution is -0.132. The van der Waals surface area contributed by atoms with Crippen molar-refractivity contribution in [1.82, 2.24) is 15.5 Å². The number of carbonyl (C=O) groups excluding carboxylic acids is 2. The van der Waals surface area contributed by atoms with Crippen molar-refractivity contribution in [2.24, 2.45) is 5.92 Å². The van der Waals surface area contributed by atoms with Crippen molar-refractivity contribution in [3.05, 3.63) is 29.8 Å². The molecule has 2 amide bonds. The Balaban J connectivity index is 1.46. The van der Waals surface area contributed by atoms with E-state index in [1.165, 1.54) is 5.56 Å². The van der Waals surface area contributed by atoms with E-state index in [-0.39, 0.29) is 23.1 Å². The predicted molar refractivity (Wildman–Crippen MR) is 110 cm³/mol. The predicted octanol–water partition coefficient (Wildman–Crippen LogP) is 2.58. The Bertz CT molecular complexity index is 643. The van der Waals surface area contributed by atoms with Gasteiger partial charge in [-0.2, -0.15) is 0 Å². The van der Waals surface area contributed by atoms with Crippen molar-refractivity contribution in [2.75, 3.05) is 26.2 Å². The molecule has 1 aromatic rings. The highest BCUT2D eigenvalue weighted by Gasteiger charge is 2.28. The normalized spacial score (nSPS) is 23.9. The number of rotatable bonds is 6. The first kappa shape index (κ1) is 20.2. The molecule has 2 heterocycles. The van der Waals surface area contributed by atoms with Gasteiger partial charge in [0.1, 0.15) is 0 Å². The van der Waals surface area contributed by atoms with Crippen LogP contribution in [0.2, 0.25) is 0 Å². The molecule has 0 saturated carbocycles. The first-order chi connectivity index (χ1) is 13.0. The minimum atomic E-state index is -0.0938. The number of hydrogen-bond donors (Lipinski definition) is 2. The highest BCUT2D eigenvalue weighted by molar-refractivity contribution is 8.00. The molecule has 5 nitrogen and oxygen atoms in total. The van der Waals surface area contributed by atoms with Crippen LogP contribution < -0.4 is 10.6 Å². The fraction of sp³-hybridized carbons (Fsp3) is 0.619. The van der Waals surface area contributed by atoms with Gasteiger partial charge in [0.2, 0.25) is 11.8 Å². The Hall–Kier alpha value is -1.53. The third-order valence-electron chi connectivity index (χ3n) is 5.45. The molecule has 2 aliphatic rings. The number of amides is 2. The van der Waals surface area contributed by atoms with E-state index in [9.17, 15) is 9.59 Å². The quantitative estimate of drug-likeness (QED) is 0.734. The van der Waals surface area contributed by atoms with Gasteiger partial charge in [0, 0.05) is 24.5 Å². The molecule has 27 heavy (non-hydrogen) atoms. The minimum absolute atomic E-state index is 0.0303. The zero-order valence-electron chi connectivity index (χ0n) is 16.4. The monoisotopic (exact) mass is 389 g/mol. The van der Waals surface area contributed by atoms with Crippen LogP contribution in [0.5, 0.6) is 0 Å². The molecule has 0 aliphatic carbocycles. The maximum atomic E-state index is 12.9. The van der Waals surface area contributed by atoms with Crippen LogP contribution in [0.3, 0.4) is 0 Å². The fourth-order valence-electron chi connectivity index (χ4n) is 3.84. The molecule has 0 aromatic heterocycles. The molecule has 2 fully saturated rings. The zero-order chi connectivity index (χ0) is 19.2. The van der Waals surface area contributed by atoms with Gasteiger partial charge in [-0.3, -0.25) is 9.59 Å². The summed E-state index contributed by atoms with van der Waals surface area (Å²) in [5.74, 6) is 0.665. The summed E-state index contributed by atoms with van der Waals surface area (Å²) < 4.78 is 0. The largest absolute Gasteiger partial charge is 0.354 e. The van der Waals surface area contributed by atoms with Gasteiger partial charge in [-0.05, 0) is 64.1 Å². The number of aryl methyl sites for hydroxylation is 1. The molecule has 148 valence electrons. The summed E-state index contributed by atoms with van der Waals surface area (Å²) in [7, 11) is 0. The smallest absolute Gasteiger partial charge is 0.237 e. The Morgan fingerprint density at radius 2 is 2.04 bits per heavy atom. The first-order valence-electron chi connectivity index (χ1n) is 10.1. The number of nitrogens with zero attached hydrogens (tertiary/aromatic N) is 1. The van der Waals surface area contributed by atoms with Crippen LogP contribution in [0.1, 0.15) is 38.2 Å². The molecule has 6 heteroatoms. The molecule has 1 aromatic carbocycles. The van der Waals surface area contributed by atoms with E-state index >= 15 is 0 Å². The van der Waals surface area contributed by atoms with E-state index in [0.717, 1.165) is 50.2 Å². The Morgan fingerprint density at radius 3 is 2.74 bits per heavy atom. The maximum absolute atomic E-state index is 12.9. The minimum Gasteiger partial charge on any atom is -0.354 e. The number of piperidine rings is 1. The molecule has 0 radical (unpaired) electrons. The van der Waals surface area contributed by atoms with Crippen LogP contribution in [0.25, 0.3) is 0 Å². The van der Waals surface area contributed by atoms with E-state index < -0.39 is 0 Å². The lowest BCUT2D eigenvalue weighted by atomic mass is 9.97. The first-order valence-corrected chi connectivity index (χ1v) is 10.9. The SMILES string of the molecule is Cc1ccc(SC(C)C(=O)N2CCCC(CNC(=O)C3CCCN3)C2)cc1. The van der Waals surface area contributed by atoms with Gasteiger partial charge >= 0.3 is 0 Å². The summed E-state index contributed by atoms with van der Waals surface area (Å²) in [6.45, 7) is 7.23. The van der Waals surface area contributed by atoms with Gasteiger partial charge in [-0.25, -0.2) is 0 Å². The lowest BCUT2D eigenvalue weighted by Crippen LogP contribution is -2.48. The molecule has 2 saturated heterocycles. The molecule has 0 bridgehead atoms. The lowest BCUT2D eigenvalue weighted by Gasteiger charge is -2.34. The Labute approximate surface area is 166 Å². The van der Waals surface area contributed by atoms with E-state index in [4.69, 9.17) is 0 Å². The summed E-state index contributed by atoms with van der Waals surface area (Å²) >= 11 is 1.62. The number of benzene rings is 1. The van der Waals surface area contributed by atoms with Gasteiger partial charge < -0.3 is 15.5 Å². The average Bonchev–Trinajstić information content (AvgIpc) is 3.22. The summed E-state index contributed by atoms with van der Waals surface area (Å²) in [4.78, 5) is 28.2. The summed E-state index contributed by atoms with van der Waals surface area (Å²) in [6, 6.07) is 8.29. The van der Waals surface area contributed by atoms with Crippen LogP contribution >= 0.6 is 11.8 Å². The number of nitrogens with one attached hydrogen (secondary N) is 2. The molecular weight excluding hydrogens is 358 g/mol. The van der Waals surface area contributed by atoms with E-state index in [2.05, 4.69) is 41.8 Å². The van der Waals surface area contributed by atoms with Crippen molar-refractivity contribution >= 4 is 23.6 Å². The van der Waals surface area contributed by atoms with Crippen molar-refractivity contribution in [3.8, 4) is 0 Å². The van der Waals surface area contributed by atoms with Crippen molar-refractivity contribution in [1.29, 1.82) is 0 Å². The van der Waals surface area contributed by atoms with Crippen LogP contribution in [-0.4, -0.2) is 54.2 Å². The standard InChI is InChI=1S/C21H31N3O2S/c1-15-7-9-18(10-8-15)27-16(2)21(26)24-12-4-5-17(14-24)13-23-20(25)19-6-3-11-22-19/h7-10,16-17,19,22H,3-6,11-14H2,1-2H3,(H,23,25). The van der Waals surface area contributed by atoms with Gasteiger partial charge in [-0.15, -0.1) is 11.8 Å². The maximum Gasteiger partial charge on any atom is 0.237 e. The summed E-state index contributed by atoms with van der Waals surface area (Å²) in [6.07, 6.45) is 4.08. The van der Waals surface area contributed by atoms with Crippen LogP contribution in [0.15, 0.2) is 29.2 Å². The molecule has 0 spiro atoms. The molecule has 2 aliphatic heterocycles. The van der Waals surface area contributed by atoms with Gasteiger partial charge in [0.25, 0.3) is 0 Å². The van der Waals surface area contributed by atoms with E-state index in [1.807, 2.05) is 11.8 Å². The average molecular weight is 390 g/mol. The van der Waals surface area contributed by atoms with Crippen LogP contribution in [0, 0.1) is 12.8 Å². The second-order valence-electron chi connectivity index (χ2n) is 7.76. The van der Waals surface area contributed by atoms with E-state index in [0.29, 0.717) is 12.5 Å². The molecule has 3 unspecified atom stereocenters. The molecular formula is C21H31N3O2S. The van der Waals surface area contributed by atoms with E-state index in [1.54, 1.807) is 11.8 Å².